The molecule has 0 aliphatic carbocycles. The number of carbonyl (C=O) groups is 1. The average molecular weight is 500 g/mol. The lowest BCUT2D eigenvalue weighted by Gasteiger charge is -2.21. The number of unbranched alkanes of at least 4 members (excludes halogenated alkanes) is 7. The molecule has 0 aliphatic heterocycles. The second-order valence-electron chi connectivity index (χ2n) is 9.59. The normalized spacial score (nSPS) is 11.4. The molecule has 0 aromatic carbocycles. The van der Waals surface area contributed by atoms with Crippen LogP contribution in [0.15, 0.2) is 0 Å². The Morgan fingerprint density at radius 1 is 0.571 bits per heavy atom. The fourth-order valence-corrected chi connectivity index (χ4v) is 3.93. The van der Waals surface area contributed by atoms with E-state index >= 15 is 0 Å². The van der Waals surface area contributed by atoms with Crippen LogP contribution in [0.1, 0.15) is 90.4 Å². The van der Waals surface area contributed by atoms with Crippen molar-refractivity contribution in [3.63, 3.8) is 0 Å². The zero-order valence-electron chi connectivity index (χ0n) is 23.5. The van der Waals surface area contributed by atoms with Gasteiger partial charge in [-0.05, 0) is 85.2 Å². The summed E-state index contributed by atoms with van der Waals surface area (Å²) in [5, 5.41) is 23.9. The summed E-state index contributed by atoms with van der Waals surface area (Å²) in [6, 6.07) is 0. The number of nitrogens with one attached hydrogen (secondary N) is 7. The Bertz CT molecular complexity index is 406. The maximum Gasteiger partial charge on any atom is 0.219 e. The van der Waals surface area contributed by atoms with Crippen molar-refractivity contribution in [2.45, 2.75) is 96.6 Å². The Hall–Kier alpha value is -0.770. The van der Waals surface area contributed by atoms with E-state index in [0.29, 0.717) is 12.6 Å². The van der Waals surface area contributed by atoms with Crippen molar-refractivity contribution >= 4 is 5.91 Å². The summed E-state index contributed by atoms with van der Waals surface area (Å²) in [6.45, 7) is 11.5. The van der Waals surface area contributed by atoms with E-state index in [1.54, 1.807) is 0 Å². The van der Waals surface area contributed by atoms with Gasteiger partial charge in [0.05, 0.1) is 6.17 Å². The second kappa shape index (κ2) is 29.5. The maximum atomic E-state index is 11.8. The second-order valence-corrected chi connectivity index (χ2v) is 9.59. The van der Waals surface area contributed by atoms with Crippen molar-refractivity contribution in [3.05, 3.63) is 0 Å². The molecule has 0 aromatic rings. The number of amides is 1. The van der Waals surface area contributed by atoms with Gasteiger partial charge in [-0.15, -0.1) is 0 Å². The number of carbonyl (C=O) groups excluding carboxylic acids is 1. The Morgan fingerprint density at radius 2 is 1.11 bits per heavy atom. The summed E-state index contributed by atoms with van der Waals surface area (Å²) < 4.78 is 0. The standard InChI is InChI=1S/C27H61N7O/c1-4-5-8-16-27(35)34-21-10-7-6-9-15-26(32-19-13-11-17-30-24-22-28-2)33-20-14-12-18-31-25-23-29-3/h26,28-33H,4-25H2,1-3H3,(H,34,35). The van der Waals surface area contributed by atoms with Crippen LogP contribution in [0.5, 0.6) is 0 Å². The van der Waals surface area contributed by atoms with Crippen LogP contribution in [0.3, 0.4) is 0 Å². The van der Waals surface area contributed by atoms with E-state index in [1.807, 2.05) is 14.1 Å². The lowest BCUT2D eigenvalue weighted by atomic mass is 10.1. The molecule has 0 fully saturated rings. The van der Waals surface area contributed by atoms with E-state index in [4.69, 9.17) is 0 Å². The first-order chi connectivity index (χ1) is 17.2. The Balaban J connectivity index is 3.91. The van der Waals surface area contributed by atoms with Gasteiger partial charge in [0.1, 0.15) is 0 Å². The number of rotatable bonds is 29. The molecule has 210 valence electrons. The first-order valence-corrected chi connectivity index (χ1v) is 14.7. The Kier molecular flexibility index (Phi) is 28.8. The lowest BCUT2D eigenvalue weighted by Crippen LogP contribution is -2.43. The van der Waals surface area contributed by atoms with Crippen LogP contribution in [0.2, 0.25) is 0 Å². The van der Waals surface area contributed by atoms with E-state index in [0.717, 1.165) is 78.2 Å². The fraction of sp³-hybridized carbons (Fsp3) is 0.963. The predicted molar refractivity (Wildman–Crippen MR) is 152 cm³/mol. The molecule has 7 N–H and O–H groups in total. The minimum absolute atomic E-state index is 0.223. The molecular formula is C27H61N7O. The highest BCUT2D eigenvalue weighted by Gasteiger charge is 2.07. The first-order valence-electron chi connectivity index (χ1n) is 14.7. The van der Waals surface area contributed by atoms with Gasteiger partial charge in [0, 0.05) is 39.1 Å². The van der Waals surface area contributed by atoms with Crippen LogP contribution in [0, 0.1) is 0 Å². The van der Waals surface area contributed by atoms with E-state index in [-0.39, 0.29) is 5.91 Å². The zero-order valence-corrected chi connectivity index (χ0v) is 23.5. The molecule has 8 nitrogen and oxygen atoms in total. The predicted octanol–water partition coefficient (Wildman–Crippen LogP) is 2.32. The van der Waals surface area contributed by atoms with E-state index in [9.17, 15) is 4.79 Å². The Labute approximate surface area is 217 Å². The third-order valence-corrected chi connectivity index (χ3v) is 6.19. The average Bonchev–Trinajstić information content (AvgIpc) is 2.86. The minimum Gasteiger partial charge on any atom is -0.356 e. The highest BCUT2D eigenvalue weighted by Crippen LogP contribution is 2.06. The molecule has 0 spiro atoms. The van der Waals surface area contributed by atoms with Crippen LogP contribution in [-0.2, 0) is 4.79 Å². The summed E-state index contributed by atoms with van der Waals surface area (Å²) in [5.74, 6) is 0.223. The number of hydrogen-bond acceptors (Lipinski definition) is 7. The van der Waals surface area contributed by atoms with Crippen molar-refractivity contribution in [1.29, 1.82) is 0 Å². The molecule has 0 atom stereocenters. The molecule has 0 aliphatic rings. The smallest absolute Gasteiger partial charge is 0.219 e. The van der Waals surface area contributed by atoms with E-state index < -0.39 is 0 Å². The van der Waals surface area contributed by atoms with Gasteiger partial charge in [-0.25, -0.2) is 0 Å². The molecule has 0 rings (SSSR count). The molecule has 35 heavy (non-hydrogen) atoms. The third kappa shape index (κ3) is 27.7. The van der Waals surface area contributed by atoms with Gasteiger partial charge >= 0.3 is 0 Å². The molecule has 0 radical (unpaired) electrons. The zero-order chi connectivity index (χ0) is 25.7. The third-order valence-electron chi connectivity index (χ3n) is 6.19. The van der Waals surface area contributed by atoms with Crippen LogP contribution in [0.4, 0.5) is 0 Å². The van der Waals surface area contributed by atoms with Crippen molar-refractivity contribution < 1.29 is 4.79 Å². The van der Waals surface area contributed by atoms with Crippen LogP contribution >= 0.6 is 0 Å². The quantitative estimate of drug-likeness (QED) is 0.0626. The topological polar surface area (TPSA) is 101 Å². The highest BCUT2D eigenvalue weighted by atomic mass is 16.1. The SMILES string of the molecule is CCCCCC(=O)NCCCCCCC(NCCCCNCCNC)NCCCCNCCNC. The van der Waals surface area contributed by atoms with Gasteiger partial charge < -0.3 is 37.2 Å². The fourth-order valence-electron chi connectivity index (χ4n) is 3.93. The van der Waals surface area contributed by atoms with Crippen molar-refractivity contribution in [2.24, 2.45) is 0 Å². The van der Waals surface area contributed by atoms with Crippen LogP contribution < -0.4 is 37.2 Å². The molecule has 1 amide bonds. The van der Waals surface area contributed by atoms with Crippen molar-refractivity contribution in [2.75, 3.05) is 73.0 Å². The summed E-state index contributed by atoms with van der Waals surface area (Å²) in [5.41, 5.74) is 0. The van der Waals surface area contributed by atoms with E-state index in [1.165, 1.54) is 57.8 Å². The molecule has 0 bridgehead atoms. The summed E-state index contributed by atoms with van der Waals surface area (Å²) in [6.07, 6.45) is 15.2. The van der Waals surface area contributed by atoms with Gasteiger partial charge in [-0.1, -0.05) is 39.0 Å². The minimum atomic E-state index is 0.223. The van der Waals surface area contributed by atoms with Crippen molar-refractivity contribution in [3.8, 4) is 0 Å². The molecule has 0 unspecified atom stereocenters. The molecule has 0 saturated heterocycles. The molecule has 0 aromatic heterocycles. The highest BCUT2D eigenvalue weighted by molar-refractivity contribution is 5.75. The van der Waals surface area contributed by atoms with Gasteiger partial charge in [0.15, 0.2) is 0 Å². The van der Waals surface area contributed by atoms with Gasteiger partial charge in [0.25, 0.3) is 0 Å². The molecule has 8 heteroatoms. The van der Waals surface area contributed by atoms with Crippen LogP contribution in [-0.4, -0.2) is 85.1 Å². The lowest BCUT2D eigenvalue weighted by molar-refractivity contribution is -0.121. The number of hydrogen-bond donors (Lipinski definition) is 7. The summed E-state index contributed by atoms with van der Waals surface area (Å²) >= 11 is 0. The molecular weight excluding hydrogens is 438 g/mol. The summed E-state index contributed by atoms with van der Waals surface area (Å²) in [4.78, 5) is 11.8. The maximum absolute atomic E-state index is 11.8. The molecule has 0 heterocycles. The Morgan fingerprint density at radius 3 is 1.69 bits per heavy atom. The van der Waals surface area contributed by atoms with Gasteiger partial charge in [-0.3, -0.25) is 4.79 Å². The van der Waals surface area contributed by atoms with Gasteiger partial charge in [-0.2, -0.15) is 0 Å². The first kappa shape index (κ1) is 34.2. The summed E-state index contributed by atoms with van der Waals surface area (Å²) in [7, 11) is 3.99. The monoisotopic (exact) mass is 499 g/mol. The largest absolute Gasteiger partial charge is 0.356 e. The number of likely N-dealkylation sites (N-methyl/N-ethyl adjacent to an activating group) is 2. The molecule has 0 saturated carbocycles. The van der Waals surface area contributed by atoms with Crippen molar-refractivity contribution in [1.82, 2.24) is 37.2 Å². The van der Waals surface area contributed by atoms with E-state index in [2.05, 4.69) is 44.1 Å². The van der Waals surface area contributed by atoms with Crippen LogP contribution in [0.25, 0.3) is 0 Å². The van der Waals surface area contributed by atoms with Gasteiger partial charge in [0.2, 0.25) is 5.91 Å².